The van der Waals surface area contributed by atoms with E-state index in [9.17, 15) is 0 Å². The lowest BCUT2D eigenvalue weighted by Gasteiger charge is -2.25. The van der Waals surface area contributed by atoms with E-state index < -0.39 is 0 Å². The fourth-order valence-electron chi connectivity index (χ4n) is 8.30. The van der Waals surface area contributed by atoms with Crippen LogP contribution in [0.25, 0.3) is 87.6 Å². The molecule has 2 aliphatic heterocycles. The van der Waals surface area contributed by atoms with Crippen molar-refractivity contribution >= 4 is 43.1 Å². The van der Waals surface area contributed by atoms with Gasteiger partial charge in [-0.3, -0.25) is 0 Å². The second kappa shape index (κ2) is 9.57. The van der Waals surface area contributed by atoms with Gasteiger partial charge in [0.15, 0.2) is 0 Å². The first-order valence-corrected chi connectivity index (χ1v) is 16.4. The Kier molecular flexibility index (Phi) is 5.14. The van der Waals surface area contributed by atoms with Gasteiger partial charge < -0.3 is 9.47 Å². The van der Waals surface area contributed by atoms with Crippen LogP contribution in [0.2, 0.25) is 0 Å². The maximum absolute atomic E-state index is 6.48. The van der Waals surface area contributed by atoms with Gasteiger partial charge in [0.1, 0.15) is 23.0 Å². The van der Waals surface area contributed by atoms with E-state index in [1.54, 1.807) is 0 Å². The van der Waals surface area contributed by atoms with Crippen LogP contribution in [0.5, 0.6) is 23.0 Å². The van der Waals surface area contributed by atoms with Crippen LogP contribution in [0, 0.1) is 0 Å². The highest BCUT2D eigenvalue weighted by molar-refractivity contribution is 6.27. The third kappa shape index (κ3) is 3.41. The molecule has 2 heteroatoms. The summed E-state index contributed by atoms with van der Waals surface area (Å²) in [6.07, 6.45) is 0. The molecule has 9 aromatic carbocycles. The van der Waals surface area contributed by atoms with E-state index in [1.165, 1.54) is 65.7 Å². The molecule has 0 aliphatic carbocycles. The van der Waals surface area contributed by atoms with Crippen LogP contribution in [-0.4, -0.2) is 0 Å². The highest BCUT2D eigenvalue weighted by Gasteiger charge is 2.26. The first kappa shape index (κ1) is 25.8. The molecule has 2 aliphatic rings. The summed E-state index contributed by atoms with van der Waals surface area (Å²) in [4.78, 5) is 0. The number of para-hydroxylation sites is 2. The van der Waals surface area contributed by atoms with Gasteiger partial charge in [-0.25, -0.2) is 0 Å². The summed E-state index contributed by atoms with van der Waals surface area (Å²) in [5.41, 5.74) is 9.59. The minimum atomic E-state index is 0.903. The SMILES string of the molecule is c1ccc2c(c1)Oc1cccc3c(-c4c5ccccc5c(-c5ccc6c7c(cccc57)Oc5ccccc5-6)c5ccccc45)ccc-2c13. The quantitative estimate of drug-likeness (QED) is 0.181. The zero-order valence-electron chi connectivity index (χ0n) is 25.8. The summed E-state index contributed by atoms with van der Waals surface area (Å²) in [6, 6.07) is 56.6. The Morgan fingerprint density at radius 2 is 0.562 bits per heavy atom. The molecule has 11 rings (SSSR count). The van der Waals surface area contributed by atoms with E-state index >= 15 is 0 Å². The standard InChI is InChI=1S/C46H26O2/c1-2-14-30-29(13-1)43(37-25-23-35-27-11-5-7-19-39(27)47-41-21-9-17-33(37)45(35)41)31-15-3-4-16-32(31)44(30)38-26-24-36-28-12-6-8-20-40(28)48-42-22-10-18-34(38)46(36)42/h1-26H. The van der Waals surface area contributed by atoms with Crippen molar-refractivity contribution in [3.05, 3.63) is 158 Å². The fourth-order valence-corrected chi connectivity index (χ4v) is 8.30. The van der Waals surface area contributed by atoms with Gasteiger partial charge in [0.2, 0.25) is 0 Å². The van der Waals surface area contributed by atoms with Crippen LogP contribution in [0.3, 0.4) is 0 Å². The average molecular weight is 611 g/mol. The van der Waals surface area contributed by atoms with Crippen molar-refractivity contribution in [1.29, 1.82) is 0 Å². The Morgan fingerprint density at radius 1 is 0.229 bits per heavy atom. The third-order valence-electron chi connectivity index (χ3n) is 10.3. The smallest absolute Gasteiger partial charge is 0.135 e. The van der Waals surface area contributed by atoms with Crippen LogP contribution < -0.4 is 9.47 Å². The van der Waals surface area contributed by atoms with Crippen molar-refractivity contribution in [2.45, 2.75) is 0 Å². The second-order valence-electron chi connectivity index (χ2n) is 12.7. The lowest BCUT2D eigenvalue weighted by atomic mass is 9.82. The Labute approximate surface area is 277 Å². The van der Waals surface area contributed by atoms with Gasteiger partial charge in [0, 0.05) is 21.9 Å². The van der Waals surface area contributed by atoms with Gasteiger partial charge in [-0.05, 0) is 90.0 Å². The van der Waals surface area contributed by atoms with E-state index in [-0.39, 0.29) is 0 Å². The number of ether oxygens (including phenoxy) is 2. The maximum atomic E-state index is 6.48. The first-order valence-electron chi connectivity index (χ1n) is 16.4. The van der Waals surface area contributed by atoms with Gasteiger partial charge in [-0.1, -0.05) is 133 Å². The number of fused-ring (bicyclic) bond motifs is 6. The molecule has 2 heterocycles. The van der Waals surface area contributed by atoms with Gasteiger partial charge in [-0.2, -0.15) is 0 Å². The monoisotopic (exact) mass is 610 g/mol. The van der Waals surface area contributed by atoms with Gasteiger partial charge >= 0.3 is 0 Å². The molecule has 0 bridgehead atoms. The van der Waals surface area contributed by atoms with Crippen molar-refractivity contribution in [2.24, 2.45) is 0 Å². The molecular weight excluding hydrogens is 585 g/mol. The minimum absolute atomic E-state index is 0.903. The molecule has 0 N–H and O–H groups in total. The molecule has 222 valence electrons. The molecule has 0 aromatic heterocycles. The minimum Gasteiger partial charge on any atom is -0.456 e. The fraction of sp³-hybridized carbons (Fsp3) is 0. The molecular formula is C46H26O2. The number of benzene rings is 9. The molecule has 0 amide bonds. The molecule has 0 spiro atoms. The van der Waals surface area contributed by atoms with E-state index in [0.717, 1.165) is 44.9 Å². The molecule has 0 saturated heterocycles. The summed E-state index contributed by atoms with van der Waals surface area (Å²) in [5, 5.41) is 9.62. The van der Waals surface area contributed by atoms with Gasteiger partial charge in [-0.15, -0.1) is 0 Å². The summed E-state index contributed by atoms with van der Waals surface area (Å²) in [6.45, 7) is 0. The van der Waals surface area contributed by atoms with E-state index in [4.69, 9.17) is 9.47 Å². The normalized spacial score (nSPS) is 12.5. The van der Waals surface area contributed by atoms with Crippen molar-refractivity contribution in [1.82, 2.24) is 0 Å². The largest absolute Gasteiger partial charge is 0.456 e. The molecule has 0 saturated carbocycles. The second-order valence-corrected chi connectivity index (χ2v) is 12.7. The van der Waals surface area contributed by atoms with E-state index in [1.807, 2.05) is 12.1 Å². The highest BCUT2D eigenvalue weighted by atomic mass is 16.5. The summed E-state index contributed by atoms with van der Waals surface area (Å²) >= 11 is 0. The molecule has 0 radical (unpaired) electrons. The molecule has 2 nitrogen and oxygen atoms in total. The summed E-state index contributed by atoms with van der Waals surface area (Å²) < 4.78 is 13.0. The van der Waals surface area contributed by atoms with Crippen molar-refractivity contribution in [3.63, 3.8) is 0 Å². The van der Waals surface area contributed by atoms with Crippen molar-refractivity contribution in [2.75, 3.05) is 0 Å². The van der Waals surface area contributed by atoms with Crippen LogP contribution in [0.4, 0.5) is 0 Å². The molecule has 0 atom stereocenters. The Bertz CT molecular complexity index is 2590. The third-order valence-corrected chi connectivity index (χ3v) is 10.3. The number of hydrogen-bond acceptors (Lipinski definition) is 2. The van der Waals surface area contributed by atoms with E-state index in [2.05, 4.69) is 146 Å². The zero-order chi connectivity index (χ0) is 31.3. The topological polar surface area (TPSA) is 18.5 Å². The van der Waals surface area contributed by atoms with Crippen LogP contribution in [0.1, 0.15) is 0 Å². The zero-order valence-corrected chi connectivity index (χ0v) is 25.8. The molecule has 48 heavy (non-hydrogen) atoms. The Hall–Kier alpha value is -6.38. The Balaban J connectivity index is 1.24. The predicted octanol–water partition coefficient (Wildman–Crippen LogP) is 13.2. The molecule has 9 aromatic rings. The maximum Gasteiger partial charge on any atom is 0.135 e. The number of hydrogen-bond donors (Lipinski definition) is 0. The first-order chi connectivity index (χ1) is 23.8. The predicted molar refractivity (Wildman–Crippen MR) is 198 cm³/mol. The molecule has 0 fully saturated rings. The summed E-state index contributed by atoms with van der Waals surface area (Å²) in [7, 11) is 0. The number of rotatable bonds is 2. The van der Waals surface area contributed by atoms with Crippen LogP contribution >= 0.6 is 0 Å². The lowest BCUT2D eigenvalue weighted by molar-refractivity contribution is 0.487. The van der Waals surface area contributed by atoms with Crippen molar-refractivity contribution in [3.8, 4) is 67.5 Å². The Morgan fingerprint density at radius 3 is 1.00 bits per heavy atom. The lowest BCUT2D eigenvalue weighted by Crippen LogP contribution is -1.99. The highest BCUT2D eigenvalue weighted by Crippen LogP contribution is 2.53. The van der Waals surface area contributed by atoms with Gasteiger partial charge in [0.25, 0.3) is 0 Å². The van der Waals surface area contributed by atoms with Crippen LogP contribution in [0.15, 0.2) is 158 Å². The molecule has 0 unspecified atom stereocenters. The van der Waals surface area contributed by atoms with Gasteiger partial charge in [0.05, 0.1) is 0 Å². The van der Waals surface area contributed by atoms with E-state index in [0.29, 0.717) is 0 Å². The summed E-state index contributed by atoms with van der Waals surface area (Å²) in [5.74, 6) is 3.61. The van der Waals surface area contributed by atoms with Crippen molar-refractivity contribution < 1.29 is 9.47 Å². The van der Waals surface area contributed by atoms with Crippen LogP contribution in [-0.2, 0) is 0 Å². The average Bonchev–Trinajstić information content (AvgIpc) is 3.14.